The second kappa shape index (κ2) is 4.86. The van der Waals surface area contributed by atoms with Crippen molar-refractivity contribution >= 4 is 18.5 Å². The standard InChI is InChI=1S/C9H18N2OS/c1-8-6-10(2)4-3-5-11(8)9(12)7-13/h8,13H,3-7H2,1-2H3. The Morgan fingerprint density at radius 3 is 2.85 bits per heavy atom. The first-order valence-corrected chi connectivity index (χ1v) is 5.37. The molecule has 13 heavy (non-hydrogen) atoms. The molecule has 0 aromatic heterocycles. The van der Waals surface area contributed by atoms with E-state index < -0.39 is 0 Å². The molecule has 76 valence electrons. The van der Waals surface area contributed by atoms with Crippen molar-refractivity contribution in [3.05, 3.63) is 0 Å². The van der Waals surface area contributed by atoms with Crippen LogP contribution in [0, 0.1) is 0 Å². The van der Waals surface area contributed by atoms with E-state index in [2.05, 4.69) is 31.5 Å². The molecule has 1 amide bonds. The number of thiol groups is 1. The highest BCUT2D eigenvalue weighted by Crippen LogP contribution is 2.08. The summed E-state index contributed by atoms with van der Waals surface area (Å²) in [6.45, 7) is 5.04. The molecule has 4 heteroatoms. The Hall–Kier alpha value is -0.220. The number of nitrogens with zero attached hydrogens (tertiary/aromatic N) is 2. The van der Waals surface area contributed by atoms with Crippen molar-refractivity contribution in [2.24, 2.45) is 0 Å². The molecule has 0 aromatic carbocycles. The first kappa shape index (κ1) is 10.9. The van der Waals surface area contributed by atoms with Gasteiger partial charge in [-0.05, 0) is 26.9 Å². The minimum absolute atomic E-state index is 0.158. The van der Waals surface area contributed by atoms with E-state index in [4.69, 9.17) is 0 Å². The highest BCUT2D eigenvalue weighted by atomic mass is 32.1. The van der Waals surface area contributed by atoms with Crippen LogP contribution in [0.2, 0.25) is 0 Å². The van der Waals surface area contributed by atoms with Crippen LogP contribution in [0.5, 0.6) is 0 Å². The molecule has 1 heterocycles. The van der Waals surface area contributed by atoms with Gasteiger partial charge in [-0.15, -0.1) is 0 Å². The van der Waals surface area contributed by atoms with Gasteiger partial charge in [0.1, 0.15) is 0 Å². The van der Waals surface area contributed by atoms with Gasteiger partial charge in [0.15, 0.2) is 0 Å². The molecule has 1 saturated heterocycles. The lowest BCUT2D eigenvalue weighted by Gasteiger charge is -2.27. The highest BCUT2D eigenvalue weighted by Gasteiger charge is 2.22. The van der Waals surface area contributed by atoms with Crippen LogP contribution in [-0.2, 0) is 4.79 Å². The summed E-state index contributed by atoms with van der Waals surface area (Å²) in [5.41, 5.74) is 0. The van der Waals surface area contributed by atoms with Crippen molar-refractivity contribution < 1.29 is 4.79 Å². The van der Waals surface area contributed by atoms with Gasteiger partial charge in [-0.3, -0.25) is 4.79 Å². The lowest BCUT2D eigenvalue weighted by atomic mass is 10.3. The molecular weight excluding hydrogens is 184 g/mol. The fourth-order valence-corrected chi connectivity index (χ4v) is 2.02. The Balaban J connectivity index is 2.57. The first-order chi connectivity index (χ1) is 6.15. The quantitative estimate of drug-likeness (QED) is 0.625. The Bertz CT molecular complexity index is 186. The molecule has 0 aliphatic carbocycles. The van der Waals surface area contributed by atoms with Crippen LogP contribution in [0.15, 0.2) is 0 Å². The summed E-state index contributed by atoms with van der Waals surface area (Å²) in [7, 11) is 2.10. The summed E-state index contributed by atoms with van der Waals surface area (Å²) in [4.78, 5) is 15.7. The van der Waals surface area contributed by atoms with E-state index in [1.165, 1.54) is 0 Å². The summed E-state index contributed by atoms with van der Waals surface area (Å²) < 4.78 is 0. The van der Waals surface area contributed by atoms with Crippen LogP contribution in [0.4, 0.5) is 0 Å². The van der Waals surface area contributed by atoms with Gasteiger partial charge in [0.05, 0.1) is 5.75 Å². The van der Waals surface area contributed by atoms with Crippen molar-refractivity contribution in [1.29, 1.82) is 0 Å². The second-order valence-corrected chi connectivity index (χ2v) is 4.03. The van der Waals surface area contributed by atoms with Gasteiger partial charge in [-0.2, -0.15) is 12.6 Å². The molecule has 0 saturated carbocycles. The van der Waals surface area contributed by atoms with Crippen LogP contribution in [-0.4, -0.2) is 54.2 Å². The van der Waals surface area contributed by atoms with E-state index in [0.29, 0.717) is 11.8 Å². The van der Waals surface area contributed by atoms with Gasteiger partial charge >= 0.3 is 0 Å². The number of rotatable bonds is 1. The fraction of sp³-hybridized carbons (Fsp3) is 0.889. The minimum Gasteiger partial charge on any atom is -0.338 e. The largest absolute Gasteiger partial charge is 0.338 e. The Labute approximate surface area is 85.5 Å². The SMILES string of the molecule is CC1CN(C)CCCN1C(=O)CS. The number of hydrogen-bond acceptors (Lipinski definition) is 3. The summed E-state index contributed by atoms with van der Waals surface area (Å²) in [5, 5.41) is 0. The molecule has 1 unspecified atom stereocenters. The number of carbonyl (C=O) groups is 1. The summed E-state index contributed by atoms with van der Waals surface area (Å²) in [6, 6.07) is 0.326. The average Bonchev–Trinajstić information content (AvgIpc) is 2.25. The van der Waals surface area contributed by atoms with Crippen molar-refractivity contribution in [1.82, 2.24) is 9.80 Å². The van der Waals surface area contributed by atoms with Gasteiger partial charge in [-0.25, -0.2) is 0 Å². The van der Waals surface area contributed by atoms with E-state index in [9.17, 15) is 4.79 Å². The van der Waals surface area contributed by atoms with Crippen molar-refractivity contribution in [2.45, 2.75) is 19.4 Å². The Kier molecular flexibility index (Phi) is 4.06. The zero-order valence-corrected chi connectivity index (χ0v) is 9.26. The van der Waals surface area contributed by atoms with Crippen LogP contribution in [0.1, 0.15) is 13.3 Å². The molecular formula is C9H18N2OS. The van der Waals surface area contributed by atoms with Crippen molar-refractivity contribution in [3.8, 4) is 0 Å². The maximum absolute atomic E-state index is 11.5. The lowest BCUT2D eigenvalue weighted by molar-refractivity contribution is -0.130. The molecule has 0 spiro atoms. The maximum Gasteiger partial charge on any atom is 0.232 e. The smallest absolute Gasteiger partial charge is 0.232 e. The van der Waals surface area contributed by atoms with Gasteiger partial charge in [0.25, 0.3) is 0 Å². The number of amides is 1. The van der Waals surface area contributed by atoms with E-state index >= 15 is 0 Å². The monoisotopic (exact) mass is 202 g/mol. The minimum atomic E-state index is 0.158. The molecule has 1 fully saturated rings. The fourth-order valence-electron chi connectivity index (χ4n) is 1.83. The molecule has 0 radical (unpaired) electrons. The van der Waals surface area contributed by atoms with E-state index in [1.54, 1.807) is 0 Å². The maximum atomic E-state index is 11.5. The van der Waals surface area contributed by atoms with E-state index in [1.807, 2.05) is 4.90 Å². The van der Waals surface area contributed by atoms with Crippen LogP contribution in [0.3, 0.4) is 0 Å². The molecule has 1 rings (SSSR count). The zero-order valence-electron chi connectivity index (χ0n) is 8.36. The highest BCUT2D eigenvalue weighted by molar-refractivity contribution is 7.81. The van der Waals surface area contributed by atoms with Crippen molar-refractivity contribution in [3.63, 3.8) is 0 Å². The summed E-state index contributed by atoms with van der Waals surface area (Å²) in [5.74, 6) is 0.486. The average molecular weight is 202 g/mol. The molecule has 1 aliphatic heterocycles. The molecule has 0 aromatic rings. The number of hydrogen-bond donors (Lipinski definition) is 1. The van der Waals surface area contributed by atoms with Crippen LogP contribution in [0.25, 0.3) is 0 Å². The van der Waals surface area contributed by atoms with E-state index in [0.717, 1.165) is 26.1 Å². The first-order valence-electron chi connectivity index (χ1n) is 4.74. The van der Waals surface area contributed by atoms with Gasteiger partial charge < -0.3 is 9.80 Å². The number of likely N-dealkylation sites (N-methyl/N-ethyl adjacent to an activating group) is 1. The van der Waals surface area contributed by atoms with Gasteiger partial charge in [0.2, 0.25) is 5.91 Å². The third-order valence-corrected chi connectivity index (χ3v) is 2.77. The third kappa shape index (κ3) is 2.88. The predicted molar refractivity (Wildman–Crippen MR) is 57.1 cm³/mol. The Morgan fingerprint density at radius 1 is 1.54 bits per heavy atom. The molecule has 3 nitrogen and oxygen atoms in total. The lowest BCUT2D eigenvalue weighted by Crippen LogP contribution is -2.42. The van der Waals surface area contributed by atoms with Gasteiger partial charge in [0, 0.05) is 19.1 Å². The second-order valence-electron chi connectivity index (χ2n) is 3.71. The normalized spacial score (nSPS) is 25.8. The topological polar surface area (TPSA) is 23.6 Å². The molecule has 1 aliphatic rings. The third-order valence-electron chi connectivity index (χ3n) is 2.50. The zero-order chi connectivity index (χ0) is 9.84. The number of carbonyl (C=O) groups excluding carboxylic acids is 1. The van der Waals surface area contributed by atoms with Crippen molar-refractivity contribution in [2.75, 3.05) is 32.4 Å². The summed E-state index contributed by atoms with van der Waals surface area (Å²) in [6.07, 6.45) is 1.07. The molecule has 1 atom stereocenters. The predicted octanol–water partition coefficient (Wildman–Crippen LogP) is 0.469. The van der Waals surface area contributed by atoms with E-state index in [-0.39, 0.29) is 5.91 Å². The van der Waals surface area contributed by atoms with Gasteiger partial charge in [-0.1, -0.05) is 0 Å². The molecule has 0 N–H and O–H groups in total. The summed E-state index contributed by atoms with van der Waals surface area (Å²) >= 11 is 4.02. The Morgan fingerprint density at radius 2 is 2.23 bits per heavy atom. The van der Waals surface area contributed by atoms with Crippen LogP contribution >= 0.6 is 12.6 Å². The molecule has 0 bridgehead atoms. The van der Waals surface area contributed by atoms with Crippen LogP contribution < -0.4 is 0 Å².